The molecule has 4 heterocycles. The van der Waals surface area contributed by atoms with E-state index in [0.29, 0.717) is 28.0 Å². The molecule has 0 saturated carbocycles. The molecule has 4 aromatic heterocycles. The number of furan rings is 1. The Morgan fingerprint density at radius 3 is 2.33 bits per heavy atom. The SMILES string of the molecule is CC(C)c1ccnc(-c2[c-]ccc3c2oc2nccc(F)c23)c1.C[Si](C)(C)c1ccc(-c2[c-]cccc2)nc1.[Ir]. The molecule has 2 aromatic carbocycles. The molecule has 0 saturated heterocycles. The summed E-state index contributed by atoms with van der Waals surface area (Å²) in [5, 5.41) is 2.49. The van der Waals surface area contributed by atoms with Crippen LogP contribution < -0.4 is 5.19 Å². The van der Waals surface area contributed by atoms with Gasteiger partial charge in [-0.3, -0.25) is 0 Å². The third-order valence-corrected chi connectivity index (χ3v) is 8.63. The van der Waals surface area contributed by atoms with E-state index in [1.807, 2.05) is 42.6 Å². The first-order valence-corrected chi connectivity index (χ1v) is 16.5. The first kappa shape index (κ1) is 29.5. The summed E-state index contributed by atoms with van der Waals surface area (Å²) >= 11 is 0. The normalized spacial score (nSPS) is 11.3. The van der Waals surface area contributed by atoms with Crippen molar-refractivity contribution in [2.75, 3.05) is 0 Å². The smallest absolute Gasteiger partial charge is 0.219 e. The minimum Gasteiger partial charge on any atom is -0.486 e. The van der Waals surface area contributed by atoms with Gasteiger partial charge in [-0.15, -0.1) is 54.1 Å². The van der Waals surface area contributed by atoms with Crippen molar-refractivity contribution < 1.29 is 28.9 Å². The Morgan fingerprint density at radius 2 is 1.65 bits per heavy atom. The van der Waals surface area contributed by atoms with Crippen molar-refractivity contribution in [1.82, 2.24) is 15.0 Å². The van der Waals surface area contributed by atoms with Crippen molar-refractivity contribution >= 4 is 35.3 Å². The minimum absolute atomic E-state index is 0. The number of rotatable bonds is 4. The maximum atomic E-state index is 14.1. The van der Waals surface area contributed by atoms with Gasteiger partial charge < -0.3 is 14.4 Å². The maximum absolute atomic E-state index is 14.1. The molecular weight excluding hydrogens is 694 g/mol. The number of fused-ring (bicyclic) bond motifs is 3. The van der Waals surface area contributed by atoms with Crippen molar-refractivity contribution in [2.45, 2.75) is 39.4 Å². The zero-order valence-corrected chi connectivity index (χ0v) is 26.5. The van der Waals surface area contributed by atoms with Crippen LogP contribution in [0.3, 0.4) is 0 Å². The molecule has 0 N–H and O–H groups in total. The van der Waals surface area contributed by atoms with Gasteiger partial charge in [0.05, 0.1) is 19.0 Å². The van der Waals surface area contributed by atoms with Gasteiger partial charge in [-0.25, -0.2) is 9.37 Å². The summed E-state index contributed by atoms with van der Waals surface area (Å²) < 4.78 is 19.9. The van der Waals surface area contributed by atoms with Crippen LogP contribution in [0, 0.1) is 17.9 Å². The van der Waals surface area contributed by atoms with Crippen LogP contribution in [0.4, 0.5) is 4.39 Å². The van der Waals surface area contributed by atoms with E-state index < -0.39 is 8.07 Å². The predicted octanol–water partition coefficient (Wildman–Crippen LogP) is 8.20. The van der Waals surface area contributed by atoms with Gasteiger partial charge in [-0.05, 0) is 34.6 Å². The summed E-state index contributed by atoms with van der Waals surface area (Å²) in [6.45, 7) is 11.3. The van der Waals surface area contributed by atoms with Gasteiger partial charge in [-0.2, -0.15) is 0 Å². The van der Waals surface area contributed by atoms with Crippen LogP contribution >= 0.6 is 0 Å². The van der Waals surface area contributed by atoms with E-state index in [4.69, 9.17) is 4.42 Å². The van der Waals surface area contributed by atoms with Gasteiger partial charge in [0.15, 0.2) is 0 Å². The van der Waals surface area contributed by atoms with Crippen LogP contribution in [0.25, 0.3) is 44.6 Å². The molecule has 0 amide bonds. The Bertz CT molecular complexity index is 1730. The summed E-state index contributed by atoms with van der Waals surface area (Å²) in [7, 11) is -1.23. The predicted molar refractivity (Wildman–Crippen MR) is 159 cm³/mol. The fourth-order valence-electron chi connectivity index (χ4n) is 4.31. The van der Waals surface area contributed by atoms with E-state index in [0.717, 1.165) is 22.5 Å². The fraction of sp³-hybridized carbons (Fsp3) is 0.182. The monoisotopic (exact) mass is 724 g/mol. The summed E-state index contributed by atoms with van der Waals surface area (Å²) in [6.07, 6.45) is 5.20. The Balaban J connectivity index is 0.000000192. The van der Waals surface area contributed by atoms with Crippen molar-refractivity contribution in [3.63, 3.8) is 0 Å². The van der Waals surface area contributed by atoms with E-state index in [9.17, 15) is 4.39 Å². The Labute approximate surface area is 249 Å². The molecule has 7 heteroatoms. The van der Waals surface area contributed by atoms with E-state index in [1.165, 1.54) is 23.0 Å². The molecular formula is C33H30FIrN3OSi-2. The van der Waals surface area contributed by atoms with Crippen LogP contribution in [0.1, 0.15) is 25.3 Å². The van der Waals surface area contributed by atoms with Crippen molar-refractivity contribution in [3.8, 4) is 22.5 Å². The number of benzene rings is 2. The minimum atomic E-state index is -1.23. The largest absolute Gasteiger partial charge is 0.486 e. The van der Waals surface area contributed by atoms with Crippen LogP contribution in [0.2, 0.25) is 19.6 Å². The Hall–Kier alpha value is -3.51. The zero-order chi connectivity index (χ0) is 27.6. The van der Waals surface area contributed by atoms with E-state index in [-0.39, 0.29) is 25.9 Å². The molecule has 0 bridgehead atoms. The number of pyridine rings is 3. The molecule has 0 aliphatic rings. The molecule has 6 rings (SSSR count). The second-order valence-electron chi connectivity index (χ2n) is 10.8. The average Bonchev–Trinajstić information content (AvgIpc) is 3.34. The van der Waals surface area contributed by atoms with Crippen LogP contribution in [-0.4, -0.2) is 23.0 Å². The van der Waals surface area contributed by atoms with Gasteiger partial charge in [0.25, 0.3) is 0 Å². The second kappa shape index (κ2) is 12.3. The molecule has 0 aliphatic carbocycles. The van der Waals surface area contributed by atoms with Gasteiger partial charge in [0, 0.05) is 38.7 Å². The molecule has 40 heavy (non-hydrogen) atoms. The third kappa shape index (κ3) is 6.28. The Morgan fingerprint density at radius 1 is 0.850 bits per heavy atom. The van der Waals surface area contributed by atoms with E-state index in [1.54, 1.807) is 18.3 Å². The number of hydrogen-bond acceptors (Lipinski definition) is 4. The van der Waals surface area contributed by atoms with E-state index in [2.05, 4.69) is 72.7 Å². The number of aromatic nitrogens is 3. The molecule has 4 nitrogen and oxygen atoms in total. The van der Waals surface area contributed by atoms with Crippen LogP contribution in [0.15, 0.2) is 89.7 Å². The molecule has 205 valence electrons. The molecule has 6 aromatic rings. The molecule has 0 fully saturated rings. The zero-order valence-electron chi connectivity index (χ0n) is 23.1. The van der Waals surface area contributed by atoms with Crippen molar-refractivity contribution in [1.29, 1.82) is 0 Å². The first-order valence-electron chi connectivity index (χ1n) is 13.0. The van der Waals surface area contributed by atoms with Gasteiger partial charge in [0.2, 0.25) is 5.71 Å². The summed E-state index contributed by atoms with van der Waals surface area (Å²) in [5.41, 5.74) is 5.59. The second-order valence-corrected chi connectivity index (χ2v) is 15.8. The standard InChI is InChI=1S/C19H14FN2O.C14H16NSi.Ir/c1-11(2)12-6-8-21-16(10-12)13-4-3-5-14-17-15(20)7-9-22-19(17)23-18(13)14;1-16(2,3)13-9-10-14(15-11-13)12-7-5-4-6-8-12;/h3,5-11H,1-2H3;4-7,9-11H,1-3H3;/q2*-1;. The van der Waals surface area contributed by atoms with Gasteiger partial charge >= 0.3 is 0 Å². The summed E-state index contributed by atoms with van der Waals surface area (Å²) in [6, 6.07) is 27.5. The topological polar surface area (TPSA) is 51.8 Å². The Kier molecular flexibility index (Phi) is 9.09. The molecule has 0 aliphatic heterocycles. The van der Waals surface area contributed by atoms with Crippen LogP contribution in [-0.2, 0) is 20.1 Å². The summed E-state index contributed by atoms with van der Waals surface area (Å²) in [4.78, 5) is 13.1. The van der Waals surface area contributed by atoms with Crippen molar-refractivity contribution in [2.24, 2.45) is 0 Å². The molecule has 0 unspecified atom stereocenters. The van der Waals surface area contributed by atoms with E-state index >= 15 is 0 Å². The molecule has 1 radical (unpaired) electrons. The number of hydrogen-bond donors (Lipinski definition) is 0. The summed E-state index contributed by atoms with van der Waals surface area (Å²) in [5.74, 6) is 0.0560. The van der Waals surface area contributed by atoms with Gasteiger partial charge in [-0.1, -0.05) is 68.2 Å². The van der Waals surface area contributed by atoms with Crippen LogP contribution in [0.5, 0.6) is 0 Å². The van der Waals surface area contributed by atoms with Gasteiger partial charge in [0.1, 0.15) is 5.82 Å². The first-order chi connectivity index (χ1) is 18.7. The number of halogens is 1. The fourth-order valence-corrected chi connectivity index (χ4v) is 5.34. The van der Waals surface area contributed by atoms with Crippen molar-refractivity contribution in [3.05, 3.63) is 109 Å². The maximum Gasteiger partial charge on any atom is 0.219 e. The average molecular weight is 724 g/mol. The third-order valence-electron chi connectivity index (χ3n) is 6.60. The quantitative estimate of drug-likeness (QED) is 0.136. The number of nitrogens with zero attached hydrogens (tertiary/aromatic N) is 3. The molecule has 0 atom stereocenters. The molecule has 0 spiro atoms.